The van der Waals surface area contributed by atoms with Crippen molar-refractivity contribution < 1.29 is 18.7 Å². The third-order valence-corrected chi connectivity index (χ3v) is 5.79. The fourth-order valence-electron chi connectivity index (χ4n) is 4.06. The number of carbonyl (C=O) groups excluding carboxylic acids is 2. The SMILES string of the molecule is O=C(CCc1ccccc1)OC1C(CCCc2ccccc2)C(=O)N1c1ccc(F)cc1. The van der Waals surface area contributed by atoms with Gasteiger partial charge in [0.25, 0.3) is 0 Å². The van der Waals surface area contributed by atoms with Gasteiger partial charge < -0.3 is 4.74 Å². The normalized spacial score (nSPS) is 17.7. The monoisotopic (exact) mass is 431 g/mol. The van der Waals surface area contributed by atoms with Crippen LogP contribution in [0.3, 0.4) is 0 Å². The van der Waals surface area contributed by atoms with E-state index in [0.717, 1.165) is 18.4 Å². The Bertz CT molecular complexity index is 1040. The summed E-state index contributed by atoms with van der Waals surface area (Å²) < 4.78 is 19.1. The molecule has 4 rings (SSSR count). The van der Waals surface area contributed by atoms with E-state index in [9.17, 15) is 14.0 Å². The van der Waals surface area contributed by atoms with Crippen molar-refractivity contribution in [3.8, 4) is 0 Å². The van der Waals surface area contributed by atoms with Crippen LogP contribution in [0, 0.1) is 11.7 Å². The molecule has 3 aromatic carbocycles. The first kappa shape index (κ1) is 21.8. The number of benzene rings is 3. The first-order valence-corrected chi connectivity index (χ1v) is 11.0. The van der Waals surface area contributed by atoms with Crippen molar-refractivity contribution in [3.05, 3.63) is 102 Å². The Labute approximate surface area is 187 Å². The third kappa shape index (κ3) is 5.22. The molecule has 32 heavy (non-hydrogen) atoms. The molecule has 0 saturated carbocycles. The van der Waals surface area contributed by atoms with Crippen LogP contribution in [0.2, 0.25) is 0 Å². The largest absolute Gasteiger partial charge is 0.440 e. The van der Waals surface area contributed by atoms with Gasteiger partial charge in [-0.3, -0.25) is 14.5 Å². The van der Waals surface area contributed by atoms with Gasteiger partial charge in [0, 0.05) is 12.1 Å². The zero-order chi connectivity index (χ0) is 22.3. The molecule has 0 aromatic heterocycles. The summed E-state index contributed by atoms with van der Waals surface area (Å²) in [4.78, 5) is 26.9. The van der Waals surface area contributed by atoms with Crippen LogP contribution in [0.15, 0.2) is 84.9 Å². The summed E-state index contributed by atoms with van der Waals surface area (Å²) in [6.45, 7) is 0. The zero-order valence-corrected chi connectivity index (χ0v) is 17.8. The van der Waals surface area contributed by atoms with E-state index in [1.54, 1.807) is 0 Å². The standard InChI is InChI=1S/C27H26FNO3/c28-22-15-17-23(18-16-22)29-26(31)24(13-7-12-20-8-3-1-4-9-20)27(29)32-25(30)19-14-21-10-5-2-6-11-21/h1-6,8-11,15-18,24,27H,7,12-14,19H2. The lowest BCUT2D eigenvalue weighted by molar-refractivity contribution is -0.163. The van der Waals surface area contributed by atoms with E-state index in [1.807, 2.05) is 48.5 Å². The van der Waals surface area contributed by atoms with E-state index in [1.165, 1.54) is 34.7 Å². The molecule has 3 aromatic rings. The van der Waals surface area contributed by atoms with E-state index in [4.69, 9.17) is 4.74 Å². The van der Waals surface area contributed by atoms with Gasteiger partial charge in [-0.15, -0.1) is 0 Å². The highest BCUT2D eigenvalue weighted by Gasteiger charge is 2.50. The number of esters is 1. The number of anilines is 1. The number of nitrogens with zero attached hydrogens (tertiary/aromatic N) is 1. The number of aryl methyl sites for hydroxylation is 2. The third-order valence-electron chi connectivity index (χ3n) is 5.79. The number of carbonyl (C=O) groups is 2. The maximum atomic E-state index is 13.4. The highest BCUT2D eigenvalue weighted by Crippen LogP contribution is 2.36. The van der Waals surface area contributed by atoms with Crippen LogP contribution in [0.1, 0.15) is 30.4 Å². The van der Waals surface area contributed by atoms with Crippen molar-refractivity contribution in [1.29, 1.82) is 0 Å². The number of halogens is 1. The molecular formula is C27H26FNO3. The number of hydrogen-bond donors (Lipinski definition) is 0. The van der Waals surface area contributed by atoms with E-state index < -0.39 is 6.23 Å². The molecule has 5 heteroatoms. The van der Waals surface area contributed by atoms with Gasteiger partial charge in [-0.2, -0.15) is 0 Å². The van der Waals surface area contributed by atoms with Crippen molar-refractivity contribution in [2.75, 3.05) is 4.90 Å². The average molecular weight is 432 g/mol. The predicted molar refractivity (Wildman–Crippen MR) is 121 cm³/mol. The highest BCUT2D eigenvalue weighted by atomic mass is 19.1. The van der Waals surface area contributed by atoms with Crippen LogP contribution >= 0.6 is 0 Å². The van der Waals surface area contributed by atoms with Crippen molar-refractivity contribution in [2.24, 2.45) is 5.92 Å². The van der Waals surface area contributed by atoms with Crippen LogP contribution in [-0.4, -0.2) is 18.1 Å². The quantitative estimate of drug-likeness (QED) is 0.341. The molecule has 0 N–H and O–H groups in total. The lowest BCUT2D eigenvalue weighted by Crippen LogP contribution is -2.63. The molecule has 0 aliphatic carbocycles. The van der Waals surface area contributed by atoms with Gasteiger partial charge in [0.05, 0.1) is 5.92 Å². The van der Waals surface area contributed by atoms with E-state index in [0.29, 0.717) is 18.5 Å². The Hall–Kier alpha value is -3.47. The second-order valence-corrected chi connectivity index (χ2v) is 8.03. The molecule has 1 heterocycles. The first-order valence-electron chi connectivity index (χ1n) is 11.0. The number of ether oxygens (including phenoxy) is 1. The second kappa shape index (κ2) is 10.2. The number of hydrogen-bond acceptors (Lipinski definition) is 3. The van der Waals surface area contributed by atoms with Gasteiger partial charge >= 0.3 is 5.97 Å². The minimum atomic E-state index is -0.660. The number of β-lactam (4-membered cyclic amide) rings is 1. The molecular weight excluding hydrogens is 405 g/mol. The lowest BCUT2D eigenvalue weighted by Gasteiger charge is -2.46. The van der Waals surface area contributed by atoms with Crippen molar-refractivity contribution in [2.45, 2.75) is 38.3 Å². The minimum absolute atomic E-state index is 0.0921. The molecule has 4 nitrogen and oxygen atoms in total. The number of rotatable bonds is 9. The fraction of sp³-hybridized carbons (Fsp3) is 0.259. The molecule has 2 atom stereocenters. The molecule has 0 bridgehead atoms. The first-order chi connectivity index (χ1) is 15.6. The molecule has 1 aliphatic heterocycles. The predicted octanol–water partition coefficient (Wildman–Crippen LogP) is 5.31. The average Bonchev–Trinajstić information content (AvgIpc) is 2.83. The maximum absolute atomic E-state index is 13.4. The Morgan fingerprint density at radius 1 is 0.844 bits per heavy atom. The molecule has 1 saturated heterocycles. The lowest BCUT2D eigenvalue weighted by atomic mass is 9.88. The summed E-state index contributed by atoms with van der Waals surface area (Å²) in [6, 6.07) is 25.5. The number of amides is 1. The molecule has 0 radical (unpaired) electrons. The van der Waals surface area contributed by atoms with Gasteiger partial charge in [0.2, 0.25) is 5.91 Å². The molecule has 0 spiro atoms. The summed E-state index contributed by atoms with van der Waals surface area (Å²) >= 11 is 0. The fourth-order valence-corrected chi connectivity index (χ4v) is 4.06. The summed E-state index contributed by atoms with van der Waals surface area (Å²) in [5, 5.41) is 0. The van der Waals surface area contributed by atoms with Crippen LogP contribution in [0.25, 0.3) is 0 Å². The molecule has 1 aliphatic rings. The van der Waals surface area contributed by atoms with Crippen molar-refractivity contribution in [3.63, 3.8) is 0 Å². The van der Waals surface area contributed by atoms with Gasteiger partial charge in [-0.25, -0.2) is 4.39 Å². The summed E-state index contributed by atoms with van der Waals surface area (Å²) in [7, 11) is 0. The van der Waals surface area contributed by atoms with Crippen molar-refractivity contribution >= 4 is 17.6 Å². The maximum Gasteiger partial charge on any atom is 0.308 e. The van der Waals surface area contributed by atoms with E-state index >= 15 is 0 Å². The highest BCUT2D eigenvalue weighted by molar-refractivity contribution is 6.02. The smallest absolute Gasteiger partial charge is 0.308 e. The summed E-state index contributed by atoms with van der Waals surface area (Å²) in [5.74, 6) is -1.20. The molecule has 164 valence electrons. The van der Waals surface area contributed by atoms with Gasteiger partial charge in [-0.1, -0.05) is 60.7 Å². The molecule has 1 amide bonds. The van der Waals surface area contributed by atoms with Gasteiger partial charge in [-0.05, 0) is 61.1 Å². The summed E-state index contributed by atoms with van der Waals surface area (Å²) in [6.07, 6.45) is 2.46. The second-order valence-electron chi connectivity index (χ2n) is 8.03. The zero-order valence-electron chi connectivity index (χ0n) is 17.8. The Balaban J connectivity index is 1.40. The van der Waals surface area contributed by atoms with Crippen LogP contribution in [-0.2, 0) is 27.2 Å². The minimum Gasteiger partial charge on any atom is -0.440 e. The van der Waals surface area contributed by atoms with E-state index in [-0.39, 0.29) is 30.0 Å². The Kier molecular flexibility index (Phi) is 6.95. The molecule has 1 fully saturated rings. The topological polar surface area (TPSA) is 46.6 Å². The van der Waals surface area contributed by atoms with Crippen LogP contribution in [0.5, 0.6) is 0 Å². The molecule has 2 unspecified atom stereocenters. The Morgan fingerprint density at radius 3 is 2.06 bits per heavy atom. The van der Waals surface area contributed by atoms with Gasteiger partial charge in [0.1, 0.15) is 5.82 Å². The van der Waals surface area contributed by atoms with Crippen LogP contribution in [0.4, 0.5) is 10.1 Å². The van der Waals surface area contributed by atoms with E-state index in [2.05, 4.69) is 12.1 Å². The van der Waals surface area contributed by atoms with Crippen molar-refractivity contribution in [1.82, 2.24) is 0 Å². The summed E-state index contributed by atoms with van der Waals surface area (Å²) in [5.41, 5.74) is 2.81. The Morgan fingerprint density at radius 2 is 1.44 bits per heavy atom. The van der Waals surface area contributed by atoms with Crippen LogP contribution < -0.4 is 4.90 Å². The van der Waals surface area contributed by atoms with Gasteiger partial charge in [0.15, 0.2) is 6.23 Å².